The van der Waals surface area contributed by atoms with Crippen LogP contribution in [-0.4, -0.2) is 0 Å². The van der Waals surface area contributed by atoms with Crippen molar-refractivity contribution in [2.75, 3.05) is 0 Å². The third-order valence-electron chi connectivity index (χ3n) is 5.34. The van der Waals surface area contributed by atoms with Gasteiger partial charge in [0.25, 0.3) is 0 Å². The molecule has 0 aromatic rings. The molecule has 0 atom stereocenters. The Morgan fingerprint density at radius 2 is 1.56 bits per heavy atom. The predicted molar refractivity (Wildman–Crippen MR) is 76.0 cm³/mol. The van der Waals surface area contributed by atoms with Crippen LogP contribution in [0.5, 0.6) is 0 Å². The summed E-state index contributed by atoms with van der Waals surface area (Å²) in [5.74, 6) is 2.60. The van der Waals surface area contributed by atoms with Gasteiger partial charge in [-0.1, -0.05) is 46.0 Å². The normalized spacial score (nSPS) is 34.4. The molecule has 1 nitrogen and oxygen atoms in total. The van der Waals surface area contributed by atoms with Gasteiger partial charge in [0.05, 0.1) is 11.5 Å². The minimum atomic E-state index is 0.0271. The lowest BCUT2D eigenvalue weighted by Gasteiger charge is -2.40. The fourth-order valence-electron chi connectivity index (χ4n) is 4.41. The van der Waals surface area contributed by atoms with Crippen molar-refractivity contribution >= 4 is 0 Å². The molecule has 0 heterocycles. The lowest BCUT2D eigenvalue weighted by atomic mass is 9.63. The van der Waals surface area contributed by atoms with Crippen LogP contribution in [0.4, 0.5) is 0 Å². The van der Waals surface area contributed by atoms with Gasteiger partial charge in [0, 0.05) is 0 Å². The molecule has 2 saturated carbocycles. The van der Waals surface area contributed by atoms with Gasteiger partial charge in [-0.3, -0.25) is 0 Å². The van der Waals surface area contributed by atoms with E-state index in [-0.39, 0.29) is 5.41 Å². The summed E-state index contributed by atoms with van der Waals surface area (Å²) in [6.07, 6.45) is 13.4. The van der Waals surface area contributed by atoms with Gasteiger partial charge in [-0.25, -0.2) is 0 Å². The molecule has 0 spiro atoms. The smallest absolute Gasteiger partial charge is 0.0689 e. The molecule has 0 radical (unpaired) electrons. The van der Waals surface area contributed by atoms with E-state index in [0.717, 1.165) is 18.3 Å². The minimum Gasteiger partial charge on any atom is -0.198 e. The monoisotopic (exact) mass is 247 g/mol. The summed E-state index contributed by atoms with van der Waals surface area (Å²) in [6.45, 7) is 4.51. The highest BCUT2D eigenvalue weighted by Crippen LogP contribution is 2.47. The van der Waals surface area contributed by atoms with Gasteiger partial charge in [0.2, 0.25) is 0 Å². The molecule has 0 saturated heterocycles. The highest BCUT2D eigenvalue weighted by Gasteiger charge is 2.38. The first-order valence-electron chi connectivity index (χ1n) is 8.06. The standard InChI is InChI=1S/C17H29N/c1-14(2)12-17(13-18)10-8-16(9-11-17)15-6-4-3-5-7-15/h14-16H,3-12H2,1-2H3. The molecule has 0 N–H and O–H groups in total. The van der Waals surface area contributed by atoms with Gasteiger partial charge in [-0.05, 0) is 49.9 Å². The van der Waals surface area contributed by atoms with Crippen LogP contribution < -0.4 is 0 Å². The van der Waals surface area contributed by atoms with Crippen molar-refractivity contribution in [3.63, 3.8) is 0 Å². The fraction of sp³-hybridized carbons (Fsp3) is 0.941. The van der Waals surface area contributed by atoms with E-state index >= 15 is 0 Å². The van der Waals surface area contributed by atoms with Crippen molar-refractivity contribution in [3.8, 4) is 6.07 Å². The van der Waals surface area contributed by atoms with Crippen molar-refractivity contribution in [1.29, 1.82) is 5.26 Å². The number of nitrogens with zero attached hydrogens (tertiary/aromatic N) is 1. The van der Waals surface area contributed by atoms with Gasteiger partial charge < -0.3 is 0 Å². The number of rotatable bonds is 3. The molecule has 2 aliphatic rings. The second-order valence-electron chi connectivity index (χ2n) is 7.23. The van der Waals surface area contributed by atoms with Crippen molar-refractivity contribution in [2.24, 2.45) is 23.2 Å². The molecule has 0 aromatic carbocycles. The molecular formula is C17H29N. The Balaban J connectivity index is 1.88. The lowest BCUT2D eigenvalue weighted by molar-refractivity contribution is 0.122. The summed E-state index contributed by atoms with van der Waals surface area (Å²) in [4.78, 5) is 0. The first-order chi connectivity index (χ1) is 8.65. The van der Waals surface area contributed by atoms with Crippen LogP contribution in [0, 0.1) is 34.5 Å². The Morgan fingerprint density at radius 1 is 1.00 bits per heavy atom. The average molecular weight is 247 g/mol. The zero-order chi connectivity index (χ0) is 13.0. The van der Waals surface area contributed by atoms with Crippen LogP contribution in [0.25, 0.3) is 0 Å². The van der Waals surface area contributed by atoms with Crippen LogP contribution in [0.1, 0.15) is 78.1 Å². The van der Waals surface area contributed by atoms with Crippen LogP contribution >= 0.6 is 0 Å². The van der Waals surface area contributed by atoms with Crippen molar-refractivity contribution in [3.05, 3.63) is 0 Å². The SMILES string of the molecule is CC(C)CC1(C#N)CCC(C2CCCCC2)CC1. The van der Waals surface area contributed by atoms with Crippen LogP contribution in [-0.2, 0) is 0 Å². The Bertz CT molecular complexity index is 285. The predicted octanol–water partition coefficient (Wildman–Crippen LogP) is 5.31. The first-order valence-corrected chi connectivity index (χ1v) is 8.06. The molecule has 0 amide bonds. The molecule has 0 bridgehead atoms. The second kappa shape index (κ2) is 6.09. The van der Waals surface area contributed by atoms with E-state index in [4.69, 9.17) is 0 Å². The first kappa shape index (κ1) is 13.9. The van der Waals surface area contributed by atoms with E-state index in [0.29, 0.717) is 5.92 Å². The van der Waals surface area contributed by atoms with Gasteiger partial charge in [0.15, 0.2) is 0 Å². The minimum absolute atomic E-state index is 0.0271. The maximum atomic E-state index is 9.54. The summed E-state index contributed by atoms with van der Waals surface area (Å²) in [6, 6.07) is 2.67. The largest absolute Gasteiger partial charge is 0.198 e. The van der Waals surface area contributed by atoms with E-state index in [2.05, 4.69) is 19.9 Å². The Hall–Kier alpha value is -0.510. The molecule has 102 valence electrons. The third kappa shape index (κ3) is 3.28. The molecular weight excluding hydrogens is 218 g/mol. The van der Waals surface area contributed by atoms with E-state index in [9.17, 15) is 5.26 Å². The fourth-order valence-corrected chi connectivity index (χ4v) is 4.41. The Labute approximate surface area is 113 Å². The molecule has 1 heteroatoms. The van der Waals surface area contributed by atoms with Crippen LogP contribution in [0.2, 0.25) is 0 Å². The Kier molecular flexibility index (Phi) is 4.71. The van der Waals surface area contributed by atoms with Gasteiger partial charge in [-0.15, -0.1) is 0 Å². The Morgan fingerprint density at radius 3 is 2.06 bits per heavy atom. The number of hydrogen-bond donors (Lipinski definition) is 0. The maximum Gasteiger partial charge on any atom is 0.0689 e. The molecule has 2 aliphatic carbocycles. The van der Waals surface area contributed by atoms with Gasteiger partial charge in [0.1, 0.15) is 0 Å². The van der Waals surface area contributed by atoms with E-state index in [1.54, 1.807) is 0 Å². The summed E-state index contributed by atoms with van der Waals surface area (Å²) in [5, 5.41) is 9.54. The summed E-state index contributed by atoms with van der Waals surface area (Å²) in [5.41, 5.74) is 0.0271. The molecule has 0 aliphatic heterocycles. The molecule has 18 heavy (non-hydrogen) atoms. The number of hydrogen-bond acceptors (Lipinski definition) is 1. The second-order valence-corrected chi connectivity index (χ2v) is 7.23. The van der Waals surface area contributed by atoms with Crippen molar-refractivity contribution < 1.29 is 0 Å². The summed E-state index contributed by atoms with van der Waals surface area (Å²) < 4.78 is 0. The molecule has 2 fully saturated rings. The van der Waals surface area contributed by atoms with Crippen molar-refractivity contribution in [1.82, 2.24) is 0 Å². The quantitative estimate of drug-likeness (QED) is 0.662. The summed E-state index contributed by atoms with van der Waals surface area (Å²) in [7, 11) is 0. The third-order valence-corrected chi connectivity index (χ3v) is 5.34. The molecule has 0 aromatic heterocycles. The zero-order valence-electron chi connectivity index (χ0n) is 12.3. The highest BCUT2D eigenvalue weighted by molar-refractivity contribution is 5.02. The average Bonchev–Trinajstić information content (AvgIpc) is 2.40. The van der Waals surface area contributed by atoms with E-state index in [1.165, 1.54) is 57.8 Å². The highest BCUT2D eigenvalue weighted by atomic mass is 14.4. The van der Waals surface area contributed by atoms with Gasteiger partial charge in [-0.2, -0.15) is 5.26 Å². The summed E-state index contributed by atoms with van der Waals surface area (Å²) >= 11 is 0. The van der Waals surface area contributed by atoms with E-state index in [1.807, 2.05) is 0 Å². The number of nitriles is 1. The van der Waals surface area contributed by atoms with Crippen molar-refractivity contribution in [2.45, 2.75) is 78.1 Å². The molecule has 0 unspecified atom stereocenters. The maximum absolute atomic E-state index is 9.54. The van der Waals surface area contributed by atoms with E-state index < -0.39 is 0 Å². The molecule has 2 rings (SSSR count). The zero-order valence-corrected chi connectivity index (χ0v) is 12.3. The van der Waals surface area contributed by atoms with Crippen LogP contribution in [0.15, 0.2) is 0 Å². The van der Waals surface area contributed by atoms with Gasteiger partial charge >= 0.3 is 0 Å². The topological polar surface area (TPSA) is 23.8 Å². The lowest BCUT2D eigenvalue weighted by Crippen LogP contribution is -2.31. The van der Waals surface area contributed by atoms with Crippen LogP contribution in [0.3, 0.4) is 0 Å².